The van der Waals surface area contributed by atoms with Gasteiger partial charge in [0.2, 0.25) is 5.89 Å². The second kappa shape index (κ2) is 8.32. The summed E-state index contributed by atoms with van der Waals surface area (Å²) in [6.07, 6.45) is 0.866. The Balaban J connectivity index is 1.45. The fourth-order valence-corrected chi connectivity index (χ4v) is 3.73. The van der Waals surface area contributed by atoms with Crippen molar-refractivity contribution in [2.75, 3.05) is 6.54 Å². The number of aromatic nitrogens is 3. The van der Waals surface area contributed by atoms with Crippen molar-refractivity contribution in [3.05, 3.63) is 77.2 Å². The Morgan fingerprint density at radius 2 is 2.00 bits per heavy atom. The zero-order valence-corrected chi connectivity index (χ0v) is 15.8. The molecule has 0 N–H and O–H groups in total. The van der Waals surface area contributed by atoms with Crippen molar-refractivity contribution in [2.45, 2.75) is 44.4 Å². The molecule has 0 saturated carbocycles. The maximum Gasteiger partial charge on any atom is 0.416 e. The minimum atomic E-state index is -4.37. The molecule has 1 fully saturated rings. The van der Waals surface area contributed by atoms with Gasteiger partial charge in [-0.05, 0) is 43.1 Å². The van der Waals surface area contributed by atoms with Crippen LogP contribution in [-0.4, -0.2) is 26.6 Å². The van der Waals surface area contributed by atoms with Crippen LogP contribution >= 0.6 is 0 Å². The van der Waals surface area contributed by atoms with Crippen molar-refractivity contribution in [1.82, 2.24) is 20.0 Å². The van der Waals surface area contributed by atoms with Crippen LogP contribution < -0.4 is 0 Å². The second-order valence-electron chi connectivity index (χ2n) is 7.22. The zero-order valence-electron chi connectivity index (χ0n) is 15.8. The standard InChI is InChI=1S/C21H21F3N4O/c22-21(23,24)16-7-5-6-15(12-16)13-19-26-20(29-27-19)14-28-11-4-2-9-18(28)17-8-1-3-10-25-17/h1,3,5-8,10,12,18H,2,4,9,11,13-14H2. The second-order valence-corrected chi connectivity index (χ2v) is 7.22. The van der Waals surface area contributed by atoms with Crippen molar-refractivity contribution >= 4 is 0 Å². The number of pyridine rings is 1. The molecule has 5 nitrogen and oxygen atoms in total. The Bertz CT molecular complexity index is 942. The van der Waals surface area contributed by atoms with Gasteiger partial charge in [0, 0.05) is 12.6 Å². The first-order valence-electron chi connectivity index (χ1n) is 9.61. The van der Waals surface area contributed by atoms with E-state index in [2.05, 4.69) is 20.0 Å². The number of hydrogen-bond donors (Lipinski definition) is 0. The summed E-state index contributed by atoms with van der Waals surface area (Å²) in [5.41, 5.74) is 0.845. The van der Waals surface area contributed by atoms with Gasteiger partial charge in [-0.2, -0.15) is 18.2 Å². The van der Waals surface area contributed by atoms with Gasteiger partial charge in [0.25, 0.3) is 0 Å². The summed E-state index contributed by atoms with van der Waals surface area (Å²) in [5, 5.41) is 3.96. The van der Waals surface area contributed by atoms with Crippen LogP contribution in [0.5, 0.6) is 0 Å². The highest BCUT2D eigenvalue weighted by Crippen LogP contribution is 2.31. The van der Waals surface area contributed by atoms with Gasteiger partial charge in [0.1, 0.15) is 0 Å². The highest BCUT2D eigenvalue weighted by molar-refractivity contribution is 5.27. The molecule has 0 aliphatic carbocycles. The van der Waals surface area contributed by atoms with Gasteiger partial charge < -0.3 is 4.52 Å². The highest BCUT2D eigenvalue weighted by atomic mass is 19.4. The van der Waals surface area contributed by atoms with Gasteiger partial charge in [0.05, 0.1) is 23.8 Å². The molecule has 1 unspecified atom stereocenters. The van der Waals surface area contributed by atoms with Crippen molar-refractivity contribution < 1.29 is 17.7 Å². The van der Waals surface area contributed by atoms with Crippen molar-refractivity contribution in [2.24, 2.45) is 0 Å². The molecule has 152 valence electrons. The molecule has 0 spiro atoms. The Morgan fingerprint density at radius 3 is 2.79 bits per heavy atom. The smallest absolute Gasteiger partial charge is 0.338 e. The van der Waals surface area contributed by atoms with Gasteiger partial charge in [0.15, 0.2) is 5.82 Å². The molecule has 0 amide bonds. The molecule has 1 atom stereocenters. The number of alkyl halides is 3. The van der Waals surface area contributed by atoms with Crippen LogP contribution in [0.2, 0.25) is 0 Å². The Kier molecular flexibility index (Phi) is 5.62. The number of hydrogen-bond acceptors (Lipinski definition) is 5. The van der Waals surface area contributed by atoms with E-state index in [-0.39, 0.29) is 12.5 Å². The average molecular weight is 402 g/mol. The Morgan fingerprint density at radius 1 is 1.10 bits per heavy atom. The lowest BCUT2D eigenvalue weighted by Gasteiger charge is -2.34. The first kappa shape index (κ1) is 19.6. The maximum absolute atomic E-state index is 12.9. The summed E-state index contributed by atoms with van der Waals surface area (Å²) in [4.78, 5) is 11.2. The Labute approximate surface area is 166 Å². The summed E-state index contributed by atoms with van der Waals surface area (Å²) in [6.45, 7) is 1.41. The van der Waals surface area contributed by atoms with E-state index >= 15 is 0 Å². The van der Waals surface area contributed by atoms with Crippen molar-refractivity contribution in [1.29, 1.82) is 0 Å². The molecular weight excluding hydrogens is 381 g/mol. The molecule has 4 rings (SSSR count). The number of piperidine rings is 1. The third-order valence-electron chi connectivity index (χ3n) is 5.11. The summed E-state index contributed by atoms with van der Waals surface area (Å²) < 4.78 is 44.0. The Hall–Kier alpha value is -2.74. The molecule has 0 bridgehead atoms. The number of halogens is 3. The van der Waals surface area contributed by atoms with Crippen LogP contribution in [0.3, 0.4) is 0 Å². The van der Waals surface area contributed by atoms with Gasteiger partial charge >= 0.3 is 6.18 Å². The number of benzene rings is 1. The minimum Gasteiger partial charge on any atom is -0.338 e. The van der Waals surface area contributed by atoms with E-state index in [1.165, 1.54) is 6.07 Å². The molecule has 3 heterocycles. The van der Waals surface area contributed by atoms with E-state index in [4.69, 9.17) is 4.52 Å². The number of rotatable bonds is 5. The summed E-state index contributed by atoms with van der Waals surface area (Å²) in [7, 11) is 0. The lowest BCUT2D eigenvalue weighted by molar-refractivity contribution is -0.137. The van der Waals surface area contributed by atoms with E-state index < -0.39 is 11.7 Å². The first-order valence-corrected chi connectivity index (χ1v) is 9.61. The summed E-state index contributed by atoms with van der Waals surface area (Å²) in [5.74, 6) is 0.848. The quantitative estimate of drug-likeness (QED) is 0.614. The molecule has 0 radical (unpaired) electrons. The monoisotopic (exact) mass is 402 g/mol. The van der Waals surface area contributed by atoms with Crippen LogP contribution in [-0.2, 0) is 19.1 Å². The fourth-order valence-electron chi connectivity index (χ4n) is 3.73. The first-order chi connectivity index (χ1) is 14.0. The molecule has 1 saturated heterocycles. The molecule has 3 aromatic rings. The molecule has 2 aromatic heterocycles. The van der Waals surface area contributed by atoms with E-state index in [0.29, 0.717) is 23.8 Å². The van der Waals surface area contributed by atoms with Crippen LogP contribution in [0.4, 0.5) is 13.2 Å². The van der Waals surface area contributed by atoms with Gasteiger partial charge in [-0.1, -0.05) is 35.8 Å². The third kappa shape index (κ3) is 4.82. The molecule has 1 aliphatic rings. The topological polar surface area (TPSA) is 55.1 Å². The van der Waals surface area contributed by atoms with Gasteiger partial charge in [-0.25, -0.2) is 0 Å². The van der Waals surface area contributed by atoms with E-state index in [9.17, 15) is 13.2 Å². The zero-order chi connectivity index (χ0) is 20.3. The predicted molar refractivity (Wildman–Crippen MR) is 99.8 cm³/mol. The molecule has 29 heavy (non-hydrogen) atoms. The minimum absolute atomic E-state index is 0.192. The third-order valence-corrected chi connectivity index (χ3v) is 5.11. The lowest BCUT2D eigenvalue weighted by Crippen LogP contribution is -2.33. The lowest BCUT2D eigenvalue weighted by atomic mass is 9.99. The van der Waals surface area contributed by atoms with Gasteiger partial charge in [-0.3, -0.25) is 9.88 Å². The molecule has 1 aliphatic heterocycles. The molecular formula is C21H21F3N4O. The molecule has 1 aromatic carbocycles. The average Bonchev–Trinajstić information content (AvgIpc) is 3.15. The van der Waals surface area contributed by atoms with Gasteiger partial charge in [-0.15, -0.1) is 0 Å². The van der Waals surface area contributed by atoms with Crippen LogP contribution in [0.1, 0.15) is 53.8 Å². The van der Waals surface area contributed by atoms with Crippen LogP contribution in [0, 0.1) is 0 Å². The summed E-state index contributed by atoms with van der Waals surface area (Å²) >= 11 is 0. The largest absolute Gasteiger partial charge is 0.416 e. The van der Waals surface area contributed by atoms with E-state index in [0.717, 1.165) is 43.6 Å². The molecule has 8 heteroatoms. The van der Waals surface area contributed by atoms with Crippen LogP contribution in [0.25, 0.3) is 0 Å². The predicted octanol–water partition coefficient (Wildman–Crippen LogP) is 4.80. The fraction of sp³-hybridized carbons (Fsp3) is 0.381. The SMILES string of the molecule is FC(F)(F)c1cccc(Cc2noc(CN3CCCCC3c3ccccn3)n2)c1. The summed E-state index contributed by atoms with van der Waals surface area (Å²) in [6, 6.07) is 11.3. The van der Waals surface area contributed by atoms with Crippen LogP contribution in [0.15, 0.2) is 53.2 Å². The maximum atomic E-state index is 12.9. The highest BCUT2D eigenvalue weighted by Gasteiger charge is 2.30. The normalized spacial score (nSPS) is 18.1. The number of likely N-dealkylation sites (tertiary alicyclic amines) is 1. The van der Waals surface area contributed by atoms with Crippen molar-refractivity contribution in [3.8, 4) is 0 Å². The number of nitrogens with zero attached hydrogens (tertiary/aromatic N) is 4. The van der Waals surface area contributed by atoms with E-state index in [1.54, 1.807) is 12.3 Å². The van der Waals surface area contributed by atoms with E-state index in [1.807, 2.05) is 18.2 Å². The van der Waals surface area contributed by atoms with Crippen molar-refractivity contribution in [3.63, 3.8) is 0 Å².